The third-order valence-electron chi connectivity index (χ3n) is 11.0. The Balaban J connectivity index is 0.000000515. The van der Waals surface area contributed by atoms with Gasteiger partial charge in [-0.15, -0.1) is 0 Å². The van der Waals surface area contributed by atoms with Gasteiger partial charge < -0.3 is 102 Å². The molecule has 0 aromatic heterocycles. The van der Waals surface area contributed by atoms with Crippen LogP contribution in [-0.2, 0) is 59.7 Å². The summed E-state index contributed by atoms with van der Waals surface area (Å²) in [6.45, 7) is 16.5. The van der Waals surface area contributed by atoms with E-state index in [4.69, 9.17) is 103 Å². The van der Waals surface area contributed by atoms with Gasteiger partial charge in [0.25, 0.3) is 0 Å². The number of allylic oxidation sites excluding steroid dienone is 1. The van der Waals surface area contributed by atoms with E-state index < -0.39 is 11.2 Å². The molecule has 0 radical (unpaired) electrons. The van der Waals surface area contributed by atoms with Crippen LogP contribution < -0.4 is 81.7 Å². The fraction of sp³-hybridized carbons (Fsp3) is 0.474. The van der Waals surface area contributed by atoms with Gasteiger partial charge in [0.05, 0.1) is 109 Å². The molecule has 4 aromatic carbocycles. The van der Waals surface area contributed by atoms with E-state index in [-0.39, 0.29) is 85.5 Å². The summed E-state index contributed by atoms with van der Waals surface area (Å²) in [6.07, 6.45) is 2.30. The van der Waals surface area contributed by atoms with Crippen LogP contribution in [0.1, 0.15) is 49.4 Å². The molecule has 0 spiro atoms. The van der Waals surface area contributed by atoms with E-state index in [1.54, 1.807) is 105 Å². The Morgan fingerprint density at radius 2 is 0.744 bits per heavy atom. The van der Waals surface area contributed by atoms with Gasteiger partial charge in [0.15, 0.2) is 46.0 Å². The summed E-state index contributed by atoms with van der Waals surface area (Å²) in [5, 5.41) is 36.1. The Labute approximate surface area is 506 Å². The maximum atomic E-state index is 11.5. The van der Waals surface area contributed by atoms with Crippen molar-refractivity contribution in [1.29, 1.82) is 0 Å². The minimum absolute atomic E-state index is 0. The molecular formula is C57H78ClNaO23. The van der Waals surface area contributed by atoms with E-state index in [2.05, 4.69) is 20.1 Å². The van der Waals surface area contributed by atoms with Crippen LogP contribution in [0.2, 0.25) is 0 Å². The summed E-state index contributed by atoms with van der Waals surface area (Å²) in [6, 6.07) is 13.5. The number of benzene rings is 4. The number of ether oxygens (including phenoxy) is 16. The Morgan fingerprint density at radius 1 is 0.500 bits per heavy atom. The molecule has 0 aliphatic carbocycles. The molecule has 4 aliphatic rings. The van der Waals surface area contributed by atoms with Crippen LogP contribution in [0.3, 0.4) is 0 Å². The van der Waals surface area contributed by atoms with E-state index in [1.807, 2.05) is 0 Å². The van der Waals surface area contributed by atoms with E-state index in [9.17, 15) is 14.7 Å². The number of rotatable bonds is 25. The van der Waals surface area contributed by atoms with Gasteiger partial charge in [0.1, 0.15) is 44.7 Å². The molecule has 4 aliphatic heterocycles. The van der Waals surface area contributed by atoms with Crippen molar-refractivity contribution in [3.63, 3.8) is 0 Å². The molecule has 4 unspecified atom stereocenters. The quantitative estimate of drug-likeness (QED) is 0.0240. The molecule has 4 saturated heterocycles. The van der Waals surface area contributed by atoms with E-state index >= 15 is 0 Å². The predicted octanol–water partition coefficient (Wildman–Crippen LogP) is 3.90. The summed E-state index contributed by atoms with van der Waals surface area (Å²) in [5.41, 5.74) is 3.53. The average molecular weight is 1190 g/mol. The number of esters is 1. The fourth-order valence-corrected chi connectivity index (χ4v) is 6.13. The van der Waals surface area contributed by atoms with Crippen molar-refractivity contribution in [1.82, 2.24) is 0 Å². The second-order valence-electron chi connectivity index (χ2n) is 17.4. The minimum Gasteiger partial charge on any atom is -0.870 e. The largest absolute Gasteiger partial charge is 1.00 e. The number of epoxide rings is 4. The Hall–Kier alpha value is -5.93. The van der Waals surface area contributed by atoms with Gasteiger partial charge >= 0.3 is 35.5 Å². The molecule has 23 nitrogen and oxygen atoms in total. The molecule has 0 amide bonds. The Kier molecular flexibility index (Phi) is 35.7. The van der Waals surface area contributed by atoms with Crippen LogP contribution in [0.5, 0.6) is 69.0 Å². The second-order valence-corrected chi connectivity index (χ2v) is 17.7. The summed E-state index contributed by atoms with van der Waals surface area (Å²) in [5.74, 6) is 4.92. The molecule has 4 atom stereocenters. The molecule has 4 heterocycles. The fourth-order valence-electron chi connectivity index (χ4n) is 6.13. The van der Waals surface area contributed by atoms with Crippen molar-refractivity contribution >= 4 is 22.8 Å². The zero-order valence-electron chi connectivity index (χ0n) is 48.8. The second kappa shape index (κ2) is 39.5. The number of carbonyl (C=O) groups is 2. The Morgan fingerprint density at radius 3 is 0.927 bits per heavy atom. The molecule has 0 saturated carbocycles. The standard InChI is InChI=1S/C16H20O6.2C12H16O5.C9H12O4.C4H5ClO.C4H8O.Na.H2O/c1-10(2)16(17)22-7-11-5-13(18-3)15(14(6-11)19-4)21-9-12-8-20-12;2*1-14-10-3-8(5-13)4-11(15-2)12(10)17-7-9-6-16-9;1-12-7-3-6(5-10)4-8(13-2)9(7)11;1-3(2)4(5)6;1-2-4-3-5-4;;/h5-6,12H,1,7-9H2,2-4H3;2*3-4,9,13H,5-7H2,1-2H3;3-4,10-11H,5H2,1-2H3;1H2,2H3;4H,2-3H2,1H3;;1H2/q;;;;;;+1;/p-1. The van der Waals surface area contributed by atoms with Crippen molar-refractivity contribution in [2.24, 2.45) is 0 Å². The molecule has 8 rings (SSSR count). The van der Waals surface area contributed by atoms with E-state index in [1.165, 1.54) is 20.6 Å². The van der Waals surface area contributed by atoms with Crippen molar-refractivity contribution < 1.29 is 141 Å². The number of aliphatic hydroxyl groups excluding tert-OH is 3. The normalized spacial score (nSPS) is 15.8. The van der Waals surface area contributed by atoms with E-state index in [0.717, 1.165) is 25.4 Å². The molecule has 452 valence electrons. The molecular weight excluding hydrogens is 1110 g/mol. The van der Waals surface area contributed by atoms with Gasteiger partial charge in [-0.1, -0.05) is 20.1 Å². The third-order valence-corrected chi connectivity index (χ3v) is 11.3. The first-order chi connectivity index (χ1) is 38.4. The average Bonchev–Trinajstić information content (AvgIpc) is 4.24. The smallest absolute Gasteiger partial charge is 0.870 e. The first-order valence-electron chi connectivity index (χ1n) is 25.0. The van der Waals surface area contributed by atoms with Crippen molar-refractivity contribution in [3.05, 3.63) is 95.1 Å². The van der Waals surface area contributed by atoms with Crippen LogP contribution in [0.25, 0.3) is 0 Å². The summed E-state index contributed by atoms with van der Waals surface area (Å²) in [7, 11) is 12.2. The summed E-state index contributed by atoms with van der Waals surface area (Å²) >= 11 is 4.87. The first-order valence-corrected chi connectivity index (χ1v) is 25.3. The van der Waals surface area contributed by atoms with Crippen LogP contribution in [0.4, 0.5) is 0 Å². The molecule has 25 heteroatoms. The van der Waals surface area contributed by atoms with Gasteiger partial charge in [0.2, 0.25) is 28.2 Å². The molecule has 82 heavy (non-hydrogen) atoms. The van der Waals surface area contributed by atoms with Gasteiger partial charge in [-0.25, -0.2) is 4.79 Å². The summed E-state index contributed by atoms with van der Waals surface area (Å²) < 4.78 is 83.5. The van der Waals surface area contributed by atoms with E-state index in [0.29, 0.717) is 124 Å². The zero-order chi connectivity index (χ0) is 59.3. The van der Waals surface area contributed by atoms with Crippen molar-refractivity contribution in [2.75, 3.05) is 103 Å². The molecule has 4 fully saturated rings. The number of hydrogen-bond donors (Lipinski definition) is 4. The van der Waals surface area contributed by atoms with Gasteiger partial charge in [-0.05, 0) is 103 Å². The summed E-state index contributed by atoms with van der Waals surface area (Å²) in [4.78, 5) is 21.3. The SMILES string of the molecule is C=C(C)C(=O)Cl.C=C(C)C(=O)OCc1cc(OC)c(OCC2CO2)c(OC)c1.CCC1CO1.COc1cc(CO)cc(OC)c1O.COc1cc(CO)cc(OC)c1OCC1CO1.COc1cc(CO)cc(OC)c1OCC1CO1.[Na+].[OH-]. The topological polar surface area (TPSA) is 306 Å². The number of aromatic hydroxyl groups is 1. The number of carbonyl (C=O) groups excluding carboxylic acids is 2. The van der Waals surface area contributed by atoms with Crippen LogP contribution in [0.15, 0.2) is 72.8 Å². The number of hydrogen-bond acceptors (Lipinski definition) is 23. The number of methoxy groups -OCH3 is 8. The van der Waals surface area contributed by atoms with Gasteiger partial charge in [0, 0.05) is 11.1 Å². The number of halogens is 1. The third kappa shape index (κ3) is 26.5. The maximum absolute atomic E-state index is 11.5. The number of aliphatic hydroxyl groups is 3. The predicted molar refractivity (Wildman–Crippen MR) is 296 cm³/mol. The van der Waals surface area contributed by atoms with Crippen molar-refractivity contribution in [2.45, 2.75) is 78.0 Å². The van der Waals surface area contributed by atoms with Crippen LogP contribution in [-0.4, -0.2) is 165 Å². The zero-order valence-corrected chi connectivity index (χ0v) is 51.5. The van der Waals surface area contributed by atoms with Gasteiger partial charge in [-0.3, -0.25) is 4.79 Å². The molecule has 4 aromatic rings. The molecule has 0 bridgehead atoms. The minimum atomic E-state index is -0.463. The van der Waals surface area contributed by atoms with Crippen molar-refractivity contribution in [3.8, 4) is 69.0 Å². The number of phenols is 1. The molecule has 5 N–H and O–H groups in total. The number of phenolic OH excluding ortho intramolecular Hbond substituents is 1. The first kappa shape index (κ1) is 74.1. The van der Waals surface area contributed by atoms with Crippen LogP contribution >= 0.6 is 11.6 Å². The van der Waals surface area contributed by atoms with Gasteiger partial charge in [-0.2, -0.15) is 0 Å². The Bertz CT molecular complexity index is 2390. The maximum Gasteiger partial charge on any atom is 1.00 e. The monoisotopic (exact) mass is 1190 g/mol. The van der Waals surface area contributed by atoms with Crippen LogP contribution in [0, 0.1) is 0 Å².